The molecule has 0 unspecified atom stereocenters. The lowest BCUT2D eigenvalue weighted by molar-refractivity contribution is -0.131. The molecule has 0 heterocycles. The Morgan fingerprint density at radius 1 is 1.18 bits per heavy atom. The van der Waals surface area contributed by atoms with Gasteiger partial charge in [-0.2, -0.15) is 5.48 Å². The zero-order valence-electron chi connectivity index (χ0n) is 10.3. The predicted molar refractivity (Wildman–Crippen MR) is 64.1 cm³/mol. The molecule has 92 valence electrons. The van der Waals surface area contributed by atoms with Crippen LogP contribution in [0.1, 0.15) is 37.6 Å². The molecule has 4 heteroatoms. The lowest BCUT2D eigenvalue weighted by Gasteiger charge is -2.16. The number of rotatable bonds is 2. The summed E-state index contributed by atoms with van der Waals surface area (Å²) in [5.74, 6) is -0.866. The number of hydrogen-bond acceptors (Lipinski definition) is 3. The second kappa shape index (κ2) is 5.48. The Hall–Kier alpha value is -1.84. The summed E-state index contributed by atoms with van der Waals surface area (Å²) in [6.07, 6.45) is 0.301. The van der Waals surface area contributed by atoms with E-state index >= 15 is 0 Å². The van der Waals surface area contributed by atoms with E-state index < -0.39 is 5.97 Å². The monoisotopic (exact) mass is 235 g/mol. The van der Waals surface area contributed by atoms with E-state index in [1.54, 1.807) is 30.3 Å². The molecule has 1 N–H and O–H groups in total. The molecule has 1 aromatic rings. The number of carbonyl (C=O) groups is 2. The Kier molecular flexibility index (Phi) is 4.26. The van der Waals surface area contributed by atoms with Crippen molar-refractivity contribution in [2.24, 2.45) is 5.41 Å². The van der Waals surface area contributed by atoms with E-state index in [0.717, 1.165) is 0 Å². The van der Waals surface area contributed by atoms with Gasteiger partial charge in [0.2, 0.25) is 0 Å². The first-order valence-corrected chi connectivity index (χ1v) is 5.43. The van der Waals surface area contributed by atoms with E-state index in [-0.39, 0.29) is 11.3 Å². The lowest BCUT2D eigenvalue weighted by Crippen LogP contribution is -2.30. The minimum atomic E-state index is -0.562. The number of carbonyl (C=O) groups excluding carboxylic acids is 2. The number of nitrogens with one attached hydrogen (secondary N) is 1. The second-order valence-corrected chi connectivity index (χ2v) is 5.02. The molecule has 0 aliphatic rings. The largest absolute Gasteiger partial charge is 0.362 e. The average Bonchev–Trinajstić information content (AvgIpc) is 2.25. The molecule has 4 nitrogen and oxygen atoms in total. The van der Waals surface area contributed by atoms with E-state index in [1.165, 1.54) is 0 Å². The molecule has 0 aromatic heterocycles. The molecule has 0 atom stereocenters. The van der Waals surface area contributed by atoms with Gasteiger partial charge in [0.25, 0.3) is 5.91 Å². The van der Waals surface area contributed by atoms with Crippen LogP contribution in [0.2, 0.25) is 0 Å². The fraction of sp³-hybridized carbons (Fsp3) is 0.385. The summed E-state index contributed by atoms with van der Waals surface area (Å²) in [5, 5.41) is 0. The van der Waals surface area contributed by atoms with Gasteiger partial charge in [0.15, 0.2) is 0 Å². The fourth-order valence-electron chi connectivity index (χ4n) is 1.25. The van der Waals surface area contributed by atoms with Crippen LogP contribution >= 0.6 is 0 Å². The molecular formula is C13H17NO3. The Labute approximate surface area is 101 Å². The van der Waals surface area contributed by atoms with Gasteiger partial charge in [-0.05, 0) is 17.5 Å². The summed E-state index contributed by atoms with van der Waals surface area (Å²) >= 11 is 0. The zero-order valence-corrected chi connectivity index (χ0v) is 10.3. The predicted octanol–water partition coefficient (Wildman–Crippen LogP) is 2.31. The molecule has 0 spiro atoms. The van der Waals surface area contributed by atoms with Crippen LogP contribution in [0.4, 0.5) is 0 Å². The van der Waals surface area contributed by atoms with Crippen molar-refractivity contribution in [3.8, 4) is 0 Å². The molecule has 0 saturated heterocycles. The lowest BCUT2D eigenvalue weighted by atomic mass is 9.92. The Bertz CT molecular complexity index is 393. The smallest absolute Gasteiger partial charge is 0.335 e. The van der Waals surface area contributed by atoms with Gasteiger partial charge < -0.3 is 4.84 Å². The van der Waals surface area contributed by atoms with Gasteiger partial charge >= 0.3 is 5.97 Å². The van der Waals surface area contributed by atoms with E-state index in [9.17, 15) is 9.59 Å². The van der Waals surface area contributed by atoms with Crippen molar-refractivity contribution < 1.29 is 14.4 Å². The van der Waals surface area contributed by atoms with Gasteiger partial charge in [-0.3, -0.25) is 4.79 Å². The van der Waals surface area contributed by atoms with Crippen LogP contribution in [0.5, 0.6) is 0 Å². The molecule has 17 heavy (non-hydrogen) atoms. The SMILES string of the molecule is CC(C)(C)CC(=O)NOC(=O)c1ccccc1. The molecule has 0 fully saturated rings. The molecule has 1 aromatic carbocycles. The third kappa shape index (κ3) is 5.15. The first kappa shape index (κ1) is 13.2. The summed E-state index contributed by atoms with van der Waals surface area (Å²) in [4.78, 5) is 27.6. The highest BCUT2D eigenvalue weighted by Gasteiger charge is 2.17. The number of hydroxylamine groups is 1. The van der Waals surface area contributed by atoms with Crippen LogP contribution in [0, 0.1) is 5.41 Å². The summed E-state index contributed by atoms with van der Waals surface area (Å²) in [7, 11) is 0. The number of hydrogen-bond donors (Lipinski definition) is 1. The first-order valence-electron chi connectivity index (χ1n) is 5.43. The van der Waals surface area contributed by atoms with Crippen LogP contribution in [0.3, 0.4) is 0 Å². The Morgan fingerprint density at radius 2 is 1.76 bits per heavy atom. The van der Waals surface area contributed by atoms with E-state index in [1.807, 2.05) is 20.8 Å². The molecule has 1 amide bonds. The van der Waals surface area contributed by atoms with Crippen molar-refractivity contribution in [1.29, 1.82) is 0 Å². The van der Waals surface area contributed by atoms with Crippen LogP contribution in [0.25, 0.3) is 0 Å². The topological polar surface area (TPSA) is 55.4 Å². The van der Waals surface area contributed by atoms with Crippen LogP contribution in [-0.2, 0) is 9.63 Å². The maximum absolute atomic E-state index is 11.5. The van der Waals surface area contributed by atoms with E-state index in [2.05, 4.69) is 5.48 Å². The molecular weight excluding hydrogens is 218 g/mol. The standard InChI is InChI=1S/C13H17NO3/c1-13(2,3)9-11(15)14-17-12(16)10-7-5-4-6-8-10/h4-8H,9H2,1-3H3,(H,14,15). The summed E-state index contributed by atoms with van der Waals surface area (Å²) < 4.78 is 0. The highest BCUT2D eigenvalue weighted by atomic mass is 16.7. The first-order chi connectivity index (χ1) is 7.88. The van der Waals surface area contributed by atoms with Gasteiger partial charge in [0.1, 0.15) is 0 Å². The third-order valence-electron chi connectivity index (χ3n) is 1.96. The fourth-order valence-corrected chi connectivity index (χ4v) is 1.25. The molecule has 0 aliphatic carbocycles. The molecule has 0 bridgehead atoms. The highest BCUT2D eigenvalue weighted by molar-refractivity contribution is 5.90. The Morgan fingerprint density at radius 3 is 2.29 bits per heavy atom. The second-order valence-electron chi connectivity index (χ2n) is 5.02. The van der Waals surface area contributed by atoms with E-state index in [4.69, 9.17) is 4.84 Å². The van der Waals surface area contributed by atoms with Crippen molar-refractivity contribution >= 4 is 11.9 Å². The van der Waals surface area contributed by atoms with Crippen molar-refractivity contribution in [1.82, 2.24) is 5.48 Å². The van der Waals surface area contributed by atoms with Crippen molar-refractivity contribution in [3.63, 3.8) is 0 Å². The van der Waals surface area contributed by atoms with Crippen molar-refractivity contribution in [2.75, 3.05) is 0 Å². The van der Waals surface area contributed by atoms with Crippen LogP contribution in [-0.4, -0.2) is 11.9 Å². The van der Waals surface area contributed by atoms with Crippen LogP contribution in [0.15, 0.2) is 30.3 Å². The van der Waals surface area contributed by atoms with Gasteiger partial charge in [0.05, 0.1) is 5.56 Å². The number of amides is 1. The van der Waals surface area contributed by atoms with Gasteiger partial charge in [-0.15, -0.1) is 0 Å². The molecule has 1 rings (SSSR count). The zero-order chi connectivity index (χ0) is 12.9. The quantitative estimate of drug-likeness (QED) is 0.800. The summed E-state index contributed by atoms with van der Waals surface area (Å²) in [6.45, 7) is 5.81. The average molecular weight is 235 g/mol. The molecule has 0 aliphatic heterocycles. The Balaban J connectivity index is 2.42. The summed E-state index contributed by atoms with van der Waals surface area (Å²) in [5.41, 5.74) is 2.42. The van der Waals surface area contributed by atoms with Gasteiger partial charge in [0, 0.05) is 6.42 Å². The maximum Gasteiger partial charge on any atom is 0.362 e. The minimum absolute atomic E-state index is 0.136. The third-order valence-corrected chi connectivity index (χ3v) is 1.96. The minimum Gasteiger partial charge on any atom is -0.335 e. The van der Waals surface area contributed by atoms with Gasteiger partial charge in [-0.25, -0.2) is 4.79 Å². The maximum atomic E-state index is 11.5. The highest BCUT2D eigenvalue weighted by Crippen LogP contribution is 2.17. The summed E-state index contributed by atoms with van der Waals surface area (Å²) in [6, 6.07) is 8.51. The normalized spacial score (nSPS) is 10.8. The van der Waals surface area contributed by atoms with Crippen molar-refractivity contribution in [3.05, 3.63) is 35.9 Å². The van der Waals surface area contributed by atoms with E-state index in [0.29, 0.717) is 12.0 Å². The van der Waals surface area contributed by atoms with Crippen molar-refractivity contribution in [2.45, 2.75) is 27.2 Å². The molecule has 0 radical (unpaired) electrons. The van der Waals surface area contributed by atoms with Gasteiger partial charge in [-0.1, -0.05) is 39.0 Å². The molecule has 0 saturated carbocycles. The number of benzene rings is 1. The van der Waals surface area contributed by atoms with Crippen LogP contribution < -0.4 is 5.48 Å².